The molecular formula is C17H26N2OS. The maximum Gasteiger partial charge on any atom is 0.251 e. The van der Waals surface area contributed by atoms with Crippen molar-refractivity contribution in [3.8, 4) is 0 Å². The molecule has 1 aliphatic rings. The molecule has 0 radical (unpaired) electrons. The smallest absolute Gasteiger partial charge is 0.251 e. The van der Waals surface area contributed by atoms with Crippen LogP contribution in [0.2, 0.25) is 0 Å². The van der Waals surface area contributed by atoms with Crippen LogP contribution in [-0.4, -0.2) is 23.7 Å². The third-order valence-electron chi connectivity index (χ3n) is 4.02. The van der Waals surface area contributed by atoms with Crippen LogP contribution in [0.15, 0.2) is 29.2 Å². The molecule has 1 aromatic carbocycles. The number of nitrogens with two attached hydrogens (primary N) is 1. The van der Waals surface area contributed by atoms with E-state index in [1.54, 1.807) is 0 Å². The molecule has 2 rings (SSSR count). The highest BCUT2D eigenvalue weighted by Crippen LogP contribution is 2.25. The lowest BCUT2D eigenvalue weighted by atomic mass is 9.84. The van der Waals surface area contributed by atoms with E-state index in [1.165, 1.54) is 17.7 Å². The Labute approximate surface area is 132 Å². The predicted octanol–water partition coefficient (Wildman–Crippen LogP) is 3.43. The van der Waals surface area contributed by atoms with E-state index in [9.17, 15) is 4.79 Å². The van der Waals surface area contributed by atoms with Crippen LogP contribution in [0.25, 0.3) is 0 Å². The van der Waals surface area contributed by atoms with Crippen LogP contribution in [0.1, 0.15) is 49.9 Å². The minimum Gasteiger partial charge on any atom is -0.349 e. The van der Waals surface area contributed by atoms with Crippen molar-refractivity contribution in [1.82, 2.24) is 5.32 Å². The van der Waals surface area contributed by atoms with Crippen LogP contribution < -0.4 is 11.1 Å². The molecule has 0 bridgehead atoms. The van der Waals surface area contributed by atoms with Gasteiger partial charge in [-0.2, -0.15) is 0 Å². The summed E-state index contributed by atoms with van der Waals surface area (Å²) in [4.78, 5) is 13.6. The van der Waals surface area contributed by atoms with Crippen molar-refractivity contribution in [2.45, 2.75) is 55.7 Å². The minimum absolute atomic E-state index is 0.0291. The van der Waals surface area contributed by atoms with E-state index in [0.717, 1.165) is 18.4 Å². The number of amides is 1. The Balaban J connectivity index is 1.96. The lowest BCUT2D eigenvalue weighted by Gasteiger charge is -2.31. The van der Waals surface area contributed by atoms with Gasteiger partial charge < -0.3 is 11.1 Å². The summed E-state index contributed by atoms with van der Waals surface area (Å²) in [6, 6.07) is 8.13. The molecule has 1 amide bonds. The Morgan fingerprint density at radius 1 is 1.29 bits per heavy atom. The molecule has 3 nitrogen and oxygen atoms in total. The van der Waals surface area contributed by atoms with E-state index in [2.05, 4.69) is 19.2 Å². The Morgan fingerprint density at radius 3 is 2.57 bits per heavy atom. The second-order valence-corrected chi connectivity index (χ2v) is 7.70. The van der Waals surface area contributed by atoms with Crippen molar-refractivity contribution in [3.63, 3.8) is 0 Å². The molecule has 4 heteroatoms. The Bertz CT molecular complexity index is 458. The van der Waals surface area contributed by atoms with Gasteiger partial charge in [0.15, 0.2) is 0 Å². The molecule has 1 aliphatic carbocycles. The summed E-state index contributed by atoms with van der Waals surface area (Å²) in [6.07, 6.45) is 4.60. The fourth-order valence-electron chi connectivity index (χ4n) is 2.89. The third-order valence-corrected chi connectivity index (χ3v) is 5.03. The van der Waals surface area contributed by atoms with Gasteiger partial charge in [0, 0.05) is 21.8 Å². The normalized spacial score (nSPS) is 22.3. The summed E-state index contributed by atoms with van der Waals surface area (Å²) < 4.78 is 0. The van der Waals surface area contributed by atoms with Crippen LogP contribution in [0.3, 0.4) is 0 Å². The SMILES string of the molecule is CC(C)Sc1ccc(C(=O)NC2CCCCC2CN)cc1. The van der Waals surface area contributed by atoms with Gasteiger partial charge in [0.2, 0.25) is 0 Å². The Kier molecular flexibility index (Phi) is 6.12. The minimum atomic E-state index is 0.0291. The monoisotopic (exact) mass is 306 g/mol. The molecular weight excluding hydrogens is 280 g/mol. The number of carbonyl (C=O) groups excluding carboxylic acids is 1. The van der Waals surface area contributed by atoms with Crippen LogP contribution in [0, 0.1) is 5.92 Å². The number of rotatable bonds is 5. The fourth-order valence-corrected chi connectivity index (χ4v) is 3.73. The molecule has 1 fully saturated rings. The van der Waals surface area contributed by atoms with Gasteiger partial charge in [-0.15, -0.1) is 11.8 Å². The van der Waals surface area contributed by atoms with E-state index in [0.29, 0.717) is 17.7 Å². The van der Waals surface area contributed by atoms with Gasteiger partial charge in [-0.05, 0) is 49.6 Å². The summed E-state index contributed by atoms with van der Waals surface area (Å²) in [6.45, 7) is 5.00. The highest BCUT2D eigenvalue weighted by Gasteiger charge is 2.25. The molecule has 0 aromatic heterocycles. The summed E-state index contributed by atoms with van der Waals surface area (Å²) in [5, 5.41) is 3.72. The first-order valence-corrected chi connectivity index (χ1v) is 8.75. The van der Waals surface area contributed by atoms with Crippen molar-refractivity contribution in [2.24, 2.45) is 11.7 Å². The lowest BCUT2D eigenvalue weighted by molar-refractivity contribution is 0.0908. The zero-order chi connectivity index (χ0) is 15.2. The molecule has 1 aromatic rings. The van der Waals surface area contributed by atoms with Gasteiger partial charge in [0.1, 0.15) is 0 Å². The number of thioether (sulfide) groups is 1. The van der Waals surface area contributed by atoms with Gasteiger partial charge >= 0.3 is 0 Å². The summed E-state index contributed by atoms with van der Waals surface area (Å²) in [5.41, 5.74) is 6.56. The molecule has 0 aliphatic heterocycles. The Hall–Kier alpha value is -1.00. The Morgan fingerprint density at radius 2 is 1.95 bits per heavy atom. The van der Waals surface area contributed by atoms with Crippen molar-refractivity contribution in [1.29, 1.82) is 0 Å². The maximum absolute atomic E-state index is 12.3. The van der Waals surface area contributed by atoms with Gasteiger partial charge in [0.05, 0.1) is 0 Å². The molecule has 2 unspecified atom stereocenters. The average molecular weight is 306 g/mol. The molecule has 0 heterocycles. The van der Waals surface area contributed by atoms with E-state index in [-0.39, 0.29) is 11.9 Å². The van der Waals surface area contributed by atoms with Gasteiger partial charge in [-0.1, -0.05) is 26.7 Å². The zero-order valence-electron chi connectivity index (χ0n) is 13.0. The standard InChI is InChI=1S/C17H26N2OS/c1-12(2)21-15-9-7-13(8-10-15)17(20)19-16-6-4-3-5-14(16)11-18/h7-10,12,14,16H,3-6,11,18H2,1-2H3,(H,19,20). The first-order valence-electron chi connectivity index (χ1n) is 7.88. The first kappa shape index (κ1) is 16.4. The summed E-state index contributed by atoms with van der Waals surface area (Å²) in [5.74, 6) is 0.458. The summed E-state index contributed by atoms with van der Waals surface area (Å²) >= 11 is 1.81. The summed E-state index contributed by atoms with van der Waals surface area (Å²) in [7, 11) is 0. The largest absolute Gasteiger partial charge is 0.349 e. The van der Waals surface area contributed by atoms with Crippen LogP contribution in [0.4, 0.5) is 0 Å². The van der Waals surface area contributed by atoms with E-state index in [4.69, 9.17) is 5.73 Å². The van der Waals surface area contributed by atoms with Crippen molar-refractivity contribution < 1.29 is 4.79 Å². The second kappa shape index (κ2) is 7.85. The highest BCUT2D eigenvalue weighted by molar-refractivity contribution is 7.99. The molecule has 3 N–H and O–H groups in total. The molecule has 21 heavy (non-hydrogen) atoms. The van der Waals surface area contributed by atoms with Gasteiger partial charge in [0.25, 0.3) is 5.91 Å². The van der Waals surface area contributed by atoms with Crippen molar-refractivity contribution >= 4 is 17.7 Å². The number of hydrogen-bond donors (Lipinski definition) is 2. The zero-order valence-corrected chi connectivity index (χ0v) is 13.8. The van der Waals surface area contributed by atoms with Crippen LogP contribution in [-0.2, 0) is 0 Å². The van der Waals surface area contributed by atoms with Gasteiger partial charge in [-0.25, -0.2) is 0 Å². The molecule has 0 saturated heterocycles. The lowest BCUT2D eigenvalue weighted by Crippen LogP contribution is -2.44. The topological polar surface area (TPSA) is 55.1 Å². The quantitative estimate of drug-likeness (QED) is 0.819. The molecule has 2 atom stereocenters. The van der Waals surface area contributed by atoms with Crippen LogP contribution in [0.5, 0.6) is 0 Å². The molecule has 116 valence electrons. The number of benzene rings is 1. The molecule has 1 saturated carbocycles. The van der Waals surface area contributed by atoms with E-state index in [1.807, 2.05) is 36.0 Å². The van der Waals surface area contributed by atoms with E-state index < -0.39 is 0 Å². The maximum atomic E-state index is 12.3. The van der Waals surface area contributed by atoms with Crippen molar-refractivity contribution in [3.05, 3.63) is 29.8 Å². The second-order valence-electron chi connectivity index (χ2n) is 6.05. The predicted molar refractivity (Wildman–Crippen MR) is 89.7 cm³/mol. The first-order chi connectivity index (χ1) is 10.1. The van der Waals surface area contributed by atoms with Gasteiger partial charge in [-0.3, -0.25) is 4.79 Å². The fraction of sp³-hybridized carbons (Fsp3) is 0.588. The number of nitrogens with one attached hydrogen (secondary N) is 1. The molecule has 0 spiro atoms. The van der Waals surface area contributed by atoms with E-state index >= 15 is 0 Å². The number of hydrogen-bond acceptors (Lipinski definition) is 3. The van der Waals surface area contributed by atoms with Crippen molar-refractivity contribution in [2.75, 3.05) is 6.54 Å². The third kappa shape index (κ3) is 4.75. The average Bonchev–Trinajstić information content (AvgIpc) is 2.48. The highest BCUT2D eigenvalue weighted by atomic mass is 32.2. The van der Waals surface area contributed by atoms with Crippen LogP contribution >= 0.6 is 11.8 Å². The number of carbonyl (C=O) groups is 1.